The van der Waals surface area contributed by atoms with E-state index in [2.05, 4.69) is 268 Å². The summed E-state index contributed by atoms with van der Waals surface area (Å²) in [6.07, 6.45) is 19.3. The molecule has 788 valence electrons. The molecule has 1 heterocycles. The highest BCUT2D eigenvalue weighted by atomic mass is 16.7. The van der Waals surface area contributed by atoms with E-state index >= 15 is 0 Å². The number of rotatable bonds is 37. The Bertz CT molecular complexity index is 4620. The summed E-state index contributed by atoms with van der Waals surface area (Å²) in [4.78, 5) is 34.5. The van der Waals surface area contributed by atoms with Gasteiger partial charge in [-0.15, -0.1) is 0 Å². The fourth-order valence-electron chi connectivity index (χ4n) is 14.3. The quantitative estimate of drug-likeness (QED) is 0.0155. The second-order valence-electron chi connectivity index (χ2n) is 42.7. The van der Waals surface area contributed by atoms with Crippen molar-refractivity contribution in [2.75, 3.05) is 26.4 Å². The molecular weight excluding hydrogens is 1760 g/mol. The average Bonchev–Trinajstić information content (AvgIpc) is 0.869. The van der Waals surface area contributed by atoms with Gasteiger partial charge in [0.2, 0.25) is 5.79 Å². The van der Waals surface area contributed by atoms with E-state index in [0.29, 0.717) is 77.3 Å². The lowest BCUT2D eigenvalue weighted by Crippen LogP contribution is -2.31. The molecule has 2 fully saturated rings. The Morgan fingerprint density at radius 2 is 0.652 bits per heavy atom. The van der Waals surface area contributed by atoms with Crippen molar-refractivity contribution in [1.29, 1.82) is 0 Å². The minimum Gasteiger partial charge on any atom is -0.488 e. The van der Waals surface area contributed by atoms with Crippen LogP contribution in [0, 0.1) is 0 Å². The second-order valence-corrected chi connectivity index (χ2v) is 42.7. The highest BCUT2D eigenvalue weighted by Gasteiger charge is 2.26. The molecule has 1 saturated heterocycles. The Balaban J connectivity index is 0.000000415. The van der Waals surface area contributed by atoms with Crippen molar-refractivity contribution in [2.45, 2.75) is 451 Å². The predicted molar refractivity (Wildman–Crippen MR) is 585 cm³/mol. The van der Waals surface area contributed by atoms with Gasteiger partial charge in [-0.1, -0.05) is 234 Å². The lowest BCUT2D eigenvalue weighted by molar-refractivity contribution is -0.158. The summed E-state index contributed by atoms with van der Waals surface area (Å²) in [6, 6.07) is 65.4. The maximum absolute atomic E-state index is 11.6. The maximum Gasteiger partial charge on any atom is 0.514 e. The van der Waals surface area contributed by atoms with Gasteiger partial charge in [0.25, 0.3) is 0 Å². The third-order valence-electron chi connectivity index (χ3n) is 24.8. The van der Waals surface area contributed by atoms with E-state index < -0.39 is 28.7 Å². The van der Waals surface area contributed by atoms with Crippen molar-refractivity contribution in [1.82, 2.24) is 0 Å². The summed E-state index contributed by atoms with van der Waals surface area (Å²) < 4.78 is 77.6. The summed E-state index contributed by atoms with van der Waals surface area (Å²) in [5, 5.41) is 0. The fourth-order valence-corrected chi connectivity index (χ4v) is 14.3. The number of hydrogen-bond acceptors (Lipinski definition) is 17. The highest BCUT2D eigenvalue weighted by molar-refractivity contribution is 5.72. The summed E-state index contributed by atoms with van der Waals surface area (Å²) in [6.45, 7) is 73.5. The van der Waals surface area contributed by atoms with Crippen LogP contribution in [0.2, 0.25) is 0 Å². The monoisotopic (exact) mass is 1950 g/mol. The van der Waals surface area contributed by atoms with Crippen LogP contribution in [0.15, 0.2) is 194 Å². The Labute approximate surface area is 856 Å². The predicted octanol–water partition coefficient (Wildman–Crippen LogP) is 35.2. The highest BCUT2D eigenvalue weighted by Crippen LogP contribution is 2.34. The zero-order valence-electron chi connectivity index (χ0n) is 94.1. The van der Waals surface area contributed by atoms with Crippen LogP contribution in [-0.2, 0) is 38.0 Å². The summed E-state index contributed by atoms with van der Waals surface area (Å²) in [5.74, 6) is 9.91. The van der Waals surface area contributed by atoms with Gasteiger partial charge in [0.05, 0.1) is 12.7 Å². The molecule has 141 heavy (non-hydrogen) atoms. The van der Waals surface area contributed by atoms with E-state index in [4.69, 9.17) is 66.3 Å². The van der Waals surface area contributed by atoms with Crippen LogP contribution in [0.3, 0.4) is 0 Å². The van der Waals surface area contributed by atoms with Crippen molar-refractivity contribution in [2.24, 2.45) is 0 Å². The number of hydrogen-bond donors (Lipinski definition) is 0. The lowest BCUT2D eigenvalue weighted by atomic mass is 9.98. The van der Waals surface area contributed by atoms with Crippen molar-refractivity contribution < 1.29 is 80.7 Å². The lowest BCUT2D eigenvalue weighted by Gasteiger charge is -2.26. The van der Waals surface area contributed by atoms with Gasteiger partial charge in [-0.2, -0.15) is 0 Å². The largest absolute Gasteiger partial charge is 0.514 e. The third-order valence-corrected chi connectivity index (χ3v) is 24.8. The van der Waals surface area contributed by atoms with Crippen molar-refractivity contribution in [3.05, 3.63) is 239 Å². The van der Waals surface area contributed by atoms with Gasteiger partial charge >= 0.3 is 18.1 Å². The molecule has 0 bridgehead atoms. The molecule has 0 N–H and O–H groups in total. The SMILES string of the molecule is CCC(C)c1ccc(OC(=O)OC(C)(C)C)cc1.CCC(C)c1ccc(OC(C)(C)C)cc1.CCC(C)c1ccc(OC(C)(C)CC)cc1.CCC(C)c1ccc(OC(C)OC2CCCCC2)cc1.CCC(C)c1ccc(OC2CCCCO2)cc1.CCC(C)c1ccc(OCC(=O)OC(C)(C)C)cc1.CCC(C)c1cccc(OCC(=O)OC(C)(C)C)c1.CCOC(C)(C)Oc1ccc(C(C)CC)cc1. The molecule has 0 aromatic heterocycles. The van der Waals surface area contributed by atoms with E-state index in [9.17, 15) is 14.4 Å². The zero-order chi connectivity index (χ0) is 106. The van der Waals surface area contributed by atoms with Crippen LogP contribution < -0.4 is 37.9 Å². The number of ether oxygens (including phenoxy) is 14. The number of carbonyl (C=O) groups is 3. The first kappa shape index (κ1) is 126. The van der Waals surface area contributed by atoms with Crippen LogP contribution in [0.5, 0.6) is 46.0 Å². The van der Waals surface area contributed by atoms with Crippen LogP contribution in [-0.4, -0.2) is 97.0 Å². The number of benzene rings is 8. The summed E-state index contributed by atoms with van der Waals surface area (Å²) >= 11 is 0. The molecule has 10 unspecified atom stereocenters. The molecule has 17 nitrogen and oxygen atoms in total. The van der Waals surface area contributed by atoms with E-state index in [1.807, 2.05) is 136 Å². The summed E-state index contributed by atoms with van der Waals surface area (Å²) in [7, 11) is 0. The average molecular weight is 1950 g/mol. The standard InChI is InChI=1S/C18H28O2.2C16H24O3.C15H22O3.C15H22O2.C15H24O2.C15H24O.C14H22O/c1-4-14(2)16-10-12-18(13-11-16)20-15(3)19-17-8-6-5-7-9-17;1-6-12(2)13-7-9-14(10-8-13)18-11-15(17)19-16(3,4)5;1-6-12(2)13-8-7-9-14(10-13)18-11-15(17)19-16(3,4)5;1-6-11(2)12-7-9-13(10-8-12)17-14(16)18-15(3,4)5;1-3-12(2)13-7-9-14(10-8-13)17-15-6-4-5-11-16-15;1-6-12(3)13-8-10-14(11-9-13)17-15(4,5)16-7-2;1-6-12(3)13-8-10-14(11-9-13)16-15(4,5)7-2;1-6-11(2)12-7-9-13(10-8-12)15-14(3,4)5/h10-15,17H,4-9H2,1-3H3;2*7-10,12H,6,11H2,1-5H3;7-11H,6H2,1-5H3;7-10,12,15H,3-6,11H2,1-2H3;8-12H,6-7H2,1-5H3;8-12H,6-7H2,1-5H3;7-11H,6H2,1-5H3. The fraction of sp³-hybridized carbons (Fsp3) is 0.589. The van der Waals surface area contributed by atoms with Gasteiger partial charge in [0.1, 0.15) is 74.0 Å². The molecule has 8 aromatic rings. The molecule has 1 aliphatic carbocycles. The molecule has 1 saturated carbocycles. The molecule has 2 aliphatic rings. The molecule has 10 atom stereocenters. The van der Waals surface area contributed by atoms with E-state index in [-0.39, 0.29) is 48.9 Å². The molecule has 0 amide bonds. The van der Waals surface area contributed by atoms with Gasteiger partial charge in [-0.05, 0) is 383 Å². The first-order valence-electron chi connectivity index (χ1n) is 53.0. The number of carbonyl (C=O) groups excluding carboxylic acids is 3. The minimum atomic E-state index is -0.668. The van der Waals surface area contributed by atoms with Crippen LogP contribution in [0.25, 0.3) is 0 Å². The Morgan fingerprint density at radius 1 is 0.326 bits per heavy atom. The first-order valence-corrected chi connectivity index (χ1v) is 53.0. The van der Waals surface area contributed by atoms with Crippen LogP contribution >= 0.6 is 0 Å². The van der Waals surface area contributed by atoms with Gasteiger partial charge in [0.15, 0.2) is 25.8 Å². The molecule has 17 heteroatoms. The molecule has 8 aromatic carbocycles. The van der Waals surface area contributed by atoms with Gasteiger partial charge < -0.3 is 66.3 Å². The normalized spacial score (nSPS) is 15.2. The molecule has 10 rings (SSSR count). The topological polar surface area (TPSA) is 180 Å². The molecule has 0 spiro atoms. The Kier molecular flexibility index (Phi) is 57.9. The van der Waals surface area contributed by atoms with E-state index in [1.54, 1.807) is 32.9 Å². The van der Waals surface area contributed by atoms with Crippen molar-refractivity contribution in [3.63, 3.8) is 0 Å². The van der Waals surface area contributed by atoms with Crippen LogP contribution in [0.1, 0.15) is 443 Å². The molecular formula is C124H190O17. The van der Waals surface area contributed by atoms with Gasteiger partial charge in [0, 0.05) is 26.9 Å². The van der Waals surface area contributed by atoms with Crippen molar-refractivity contribution in [3.8, 4) is 46.0 Å². The Hall–Kier alpha value is -9.55. The molecule has 1 aliphatic heterocycles. The maximum atomic E-state index is 11.6. The van der Waals surface area contributed by atoms with Crippen molar-refractivity contribution >= 4 is 18.1 Å². The number of esters is 2. The van der Waals surface area contributed by atoms with E-state index in [0.717, 1.165) is 80.3 Å². The zero-order valence-corrected chi connectivity index (χ0v) is 94.1. The Morgan fingerprint density at radius 3 is 0.993 bits per heavy atom. The van der Waals surface area contributed by atoms with E-state index in [1.165, 1.54) is 109 Å². The minimum absolute atomic E-state index is 0.0433. The van der Waals surface area contributed by atoms with Gasteiger partial charge in [-0.25, -0.2) is 14.4 Å². The molecule has 0 radical (unpaired) electrons. The van der Waals surface area contributed by atoms with Gasteiger partial charge in [-0.3, -0.25) is 0 Å². The summed E-state index contributed by atoms with van der Waals surface area (Å²) in [5.41, 5.74) is 8.98. The third kappa shape index (κ3) is 55.2. The first-order chi connectivity index (χ1) is 66.3. The van der Waals surface area contributed by atoms with Crippen LogP contribution in [0.4, 0.5) is 4.79 Å². The smallest absolute Gasteiger partial charge is 0.488 e. The second kappa shape index (κ2) is 65.0.